The predicted molar refractivity (Wildman–Crippen MR) is 148 cm³/mol. The minimum Gasteiger partial charge on any atom is -0.478 e. The van der Waals surface area contributed by atoms with Crippen LogP contribution in [0.25, 0.3) is 33.4 Å². The van der Waals surface area contributed by atoms with E-state index in [9.17, 15) is 14.7 Å². The van der Waals surface area contributed by atoms with Crippen LogP contribution in [-0.4, -0.2) is 36.3 Å². The molecule has 2 aliphatic rings. The Morgan fingerprint density at radius 2 is 1.75 bits per heavy atom. The molecular formula is C28H29N3O4S. The Hall–Kier alpha value is -3.75. The summed E-state index contributed by atoms with van der Waals surface area (Å²) >= 11 is 5.40. The number of nitrogens with one attached hydrogen (secondary N) is 3. The average Bonchev–Trinajstić information content (AvgIpc) is 2.84. The van der Waals surface area contributed by atoms with Crippen LogP contribution in [-0.2, 0) is 0 Å². The van der Waals surface area contributed by atoms with Gasteiger partial charge in [0.15, 0.2) is 10.5 Å². The van der Waals surface area contributed by atoms with Crippen molar-refractivity contribution in [1.82, 2.24) is 10.6 Å². The lowest BCUT2D eigenvalue weighted by Gasteiger charge is -2.18. The van der Waals surface area contributed by atoms with Crippen molar-refractivity contribution in [1.29, 1.82) is 0 Å². The Bertz CT molecular complexity index is 1450. The first kappa shape index (κ1) is 25.3. The molecule has 4 rings (SSSR count). The van der Waals surface area contributed by atoms with E-state index in [2.05, 4.69) is 16.0 Å². The van der Waals surface area contributed by atoms with E-state index in [1.807, 2.05) is 32.2 Å². The van der Waals surface area contributed by atoms with E-state index < -0.39 is 5.97 Å². The Balaban J connectivity index is 1.68. The van der Waals surface area contributed by atoms with Crippen LogP contribution < -0.4 is 21.4 Å². The van der Waals surface area contributed by atoms with Crippen LogP contribution in [0, 0.1) is 6.92 Å². The summed E-state index contributed by atoms with van der Waals surface area (Å²) < 4.78 is 6.03. The molecule has 0 atom stereocenters. The van der Waals surface area contributed by atoms with Gasteiger partial charge in [-0.1, -0.05) is 24.6 Å². The number of thiocarbonyl (C=S) groups is 1. The van der Waals surface area contributed by atoms with Gasteiger partial charge < -0.3 is 25.5 Å². The maximum Gasteiger partial charge on any atom is 0.336 e. The van der Waals surface area contributed by atoms with Crippen molar-refractivity contribution >= 4 is 40.0 Å². The second-order valence-electron chi connectivity index (χ2n) is 8.75. The first-order valence-corrected chi connectivity index (χ1v) is 12.3. The van der Waals surface area contributed by atoms with Crippen LogP contribution in [0.15, 0.2) is 63.8 Å². The molecule has 4 N–H and O–H groups in total. The molecule has 186 valence electrons. The summed E-state index contributed by atoms with van der Waals surface area (Å²) in [5.41, 5.74) is 4.01. The normalized spacial score (nSPS) is 11.1. The third-order valence-electron chi connectivity index (χ3n) is 6.02. The van der Waals surface area contributed by atoms with Crippen molar-refractivity contribution < 1.29 is 14.3 Å². The van der Waals surface area contributed by atoms with Gasteiger partial charge >= 0.3 is 5.97 Å². The number of hydrogen-bond donors (Lipinski definition) is 4. The SMILES string of the molecule is CNCCCCCNC(=S)Nc1ccc(-c2c3ccc(=O)cc-3oc3cc(C)ccc23)c(C(=O)O)c1. The predicted octanol–water partition coefficient (Wildman–Crippen LogP) is 5.25. The Morgan fingerprint density at radius 3 is 2.53 bits per heavy atom. The lowest BCUT2D eigenvalue weighted by Crippen LogP contribution is -2.29. The second kappa shape index (κ2) is 11.3. The number of benzene rings is 3. The van der Waals surface area contributed by atoms with Crippen LogP contribution in [0.5, 0.6) is 0 Å². The average molecular weight is 504 g/mol. The van der Waals surface area contributed by atoms with Gasteiger partial charge in [-0.15, -0.1) is 0 Å². The first-order chi connectivity index (χ1) is 17.4. The zero-order valence-corrected chi connectivity index (χ0v) is 21.1. The summed E-state index contributed by atoms with van der Waals surface area (Å²) in [6.07, 6.45) is 3.19. The number of aromatic carboxylic acids is 1. The molecule has 1 heterocycles. The monoisotopic (exact) mass is 503 g/mol. The lowest BCUT2D eigenvalue weighted by molar-refractivity contribution is 0.0698. The number of aryl methyl sites for hydroxylation is 1. The number of anilines is 1. The number of fused-ring (bicyclic) bond motifs is 2. The molecule has 0 spiro atoms. The molecule has 2 aromatic rings. The van der Waals surface area contributed by atoms with Crippen LogP contribution in [0.4, 0.5) is 5.69 Å². The molecule has 0 aromatic heterocycles. The molecule has 2 aromatic carbocycles. The molecule has 8 heteroatoms. The van der Waals surface area contributed by atoms with Crippen LogP contribution in [0.3, 0.4) is 0 Å². The van der Waals surface area contributed by atoms with Crippen molar-refractivity contribution in [3.8, 4) is 22.5 Å². The van der Waals surface area contributed by atoms with Crippen LogP contribution in [0.1, 0.15) is 35.2 Å². The largest absolute Gasteiger partial charge is 0.478 e. The molecule has 7 nitrogen and oxygen atoms in total. The van der Waals surface area contributed by atoms with E-state index in [1.165, 1.54) is 12.1 Å². The van der Waals surface area contributed by atoms with Gasteiger partial charge in [-0.05, 0) is 87.0 Å². The fourth-order valence-electron chi connectivity index (χ4n) is 4.27. The third kappa shape index (κ3) is 5.72. The molecule has 0 unspecified atom stereocenters. The van der Waals surface area contributed by atoms with Gasteiger partial charge in [-0.2, -0.15) is 0 Å². The van der Waals surface area contributed by atoms with Crippen molar-refractivity contribution in [2.45, 2.75) is 26.2 Å². The fourth-order valence-corrected chi connectivity index (χ4v) is 4.49. The third-order valence-corrected chi connectivity index (χ3v) is 6.26. The molecule has 0 bridgehead atoms. The smallest absolute Gasteiger partial charge is 0.336 e. The van der Waals surface area contributed by atoms with Gasteiger partial charge in [0.2, 0.25) is 0 Å². The molecule has 36 heavy (non-hydrogen) atoms. The lowest BCUT2D eigenvalue weighted by atomic mass is 9.90. The minimum atomic E-state index is -1.06. The summed E-state index contributed by atoms with van der Waals surface area (Å²) in [6.45, 7) is 3.68. The van der Waals surface area contributed by atoms with Crippen LogP contribution >= 0.6 is 12.2 Å². The maximum absolute atomic E-state index is 12.4. The summed E-state index contributed by atoms with van der Waals surface area (Å²) in [6, 6.07) is 15.5. The highest BCUT2D eigenvalue weighted by molar-refractivity contribution is 7.80. The molecule has 0 saturated carbocycles. The Kier molecular flexibility index (Phi) is 7.97. The zero-order chi connectivity index (χ0) is 25.7. The first-order valence-electron chi connectivity index (χ1n) is 11.9. The molecule has 0 fully saturated rings. The van der Waals surface area contributed by atoms with E-state index in [-0.39, 0.29) is 11.0 Å². The summed E-state index contributed by atoms with van der Waals surface area (Å²) in [5.74, 6) is -0.652. The number of carboxylic acids is 1. The van der Waals surface area contributed by atoms with E-state index >= 15 is 0 Å². The summed E-state index contributed by atoms with van der Waals surface area (Å²) in [4.78, 5) is 24.4. The quantitative estimate of drug-likeness (QED) is 0.140. The maximum atomic E-state index is 12.4. The van der Waals surface area contributed by atoms with E-state index in [0.29, 0.717) is 38.8 Å². The van der Waals surface area contributed by atoms with Gasteiger partial charge in [-0.25, -0.2) is 4.79 Å². The van der Waals surface area contributed by atoms with Gasteiger partial charge in [0.1, 0.15) is 11.3 Å². The standard InChI is InChI=1S/C28H29N3O4S/c1-17-6-9-21-24(14-17)35-25-16-19(32)8-11-22(25)26(21)20-10-7-18(15-23(20)27(33)34)31-28(36)30-13-5-3-4-12-29-2/h6-11,14-16,29H,3-5,12-13H2,1-2H3,(H,33,34)(H2,30,31,36). The molecule has 0 amide bonds. The number of carbonyl (C=O) groups is 1. The topological polar surface area (TPSA) is 104 Å². The van der Waals surface area contributed by atoms with Crippen LogP contribution in [0.2, 0.25) is 0 Å². The van der Waals surface area contributed by atoms with Gasteiger partial charge in [-0.3, -0.25) is 4.79 Å². The van der Waals surface area contributed by atoms with Crippen molar-refractivity contribution in [2.24, 2.45) is 0 Å². The molecule has 1 aliphatic heterocycles. The van der Waals surface area contributed by atoms with Gasteiger partial charge in [0, 0.05) is 34.8 Å². The Morgan fingerprint density at radius 1 is 0.972 bits per heavy atom. The number of carboxylic acid groups (broad SMARTS) is 1. The van der Waals surface area contributed by atoms with E-state index in [0.717, 1.165) is 43.3 Å². The number of rotatable bonds is 9. The number of unbranched alkanes of at least 4 members (excludes halogenated alkanes) is 2. The van der Waals surface area contributed by atoms with E-state index in [1.54, 1.807) is 24.3 Å². The van der Waals surface area contributed by atoms with Crippen molar-refractivity contribution in [2.75, 3.05) is 25.5 Å². The summed E-state index contributed by atoms with van der Waals surface area (Å²) in [5, 5.41) is 20.7. The second-order valence-corrected chi connectivity index (χ2v) is 9.15. The van der Waals surface area contributed by atoms with Crippen molar-refractivity contribution in [3.05, 3.63) is 75.9 Å². The highest BCUT2D eigenvalue weighted by atomic mass is 32.1. The highest BCUT2D eigenvalue weighted by Crippen LogP contribution is 2.41. The fraction of sp³-hybridized carbons (Fsp3) is 0.250. The molecule has 0 radical (unpaired) electrons. The highest BCUT2D eigenvalue weighted by Gasteiger charge is 2.22. The molecule has 1 aliphatic carbocycles. The van der Waals surface area contributed by atoms with Crippen molar-refractivity contribution in [3.63, 3.8) is 0 Å². The molecular weight excluding hydrogens is 474 g/mol. The minimum absolute atomic E-state index is 0.121. The van der Waals surface area contributed by atoms with E-state index in [4.69, 9.17) is 16.6 Å². The Labute approximate surface area is 214 Å². The number of hydrogen-bond acceptors (Lipinski definition) is 5. The van der Waals surface area contributed by atoms with Gasteiger partial charge in [0.25, 0.3) is 0 Å². The zero-order valence-electron chi connectivity index (χ0n) is 20.3. The molecule has 0 saturated heterocycles. The summed E-state index contributed by atoms with van der Waals surface area (Å²) in [7, 11) is 1.94. The van der Waals surface area contributed by atoms with Gasteiger partial charge in [0.05, 0.1) is 5.56 Å².